The molecule has 3 nitrogen and oxygen atoms in total. The lowest BCUT2D eigenvalue weighted by molar-refractivity contribution is 0.627. The number of benzene rings is 1. The highest BCUT2D eigenvalue weighted by atomic mass is 79.9. The van der Waals surface area contributed by atoms with Gasteiger partial charge in [0.15, 0.2) is 0 Å². The topological polar surface area (TPSA) is 29.9 Å². The number of imidazole rings is 1. The monoisotopic (exact) mass is 331 g/mol. The van der Waals surface area contributed by atoms with Crippen LogP contribution in [0.3, 0.4) is 0 Å². The quantitative estimate of drug-likeness (QED) is 0.915. The van der Waals surface area contributed by atoms with Crippen molar-refractivity contribution < 1.29 is 4.39 Å². The highest BCUT2D eigenvalue weighted by molar-refractivity contribution is 9.10. The highest BCUT2D eigenvalue weighted by Gasteiger charge is 2.14. The zero-order valence-electron chi connectivity index (χ0n) is 9.92. The van der Waals surface area contributed by atoms with Crippen molar-refractivity contribution in [3.8, 4) is 0 Å². The first-order valence-corrected chi connectivity index (χ1v) is 6.54. The van der Waals surface area contributed by atoms with Crippen LogP contribution in [0.2, 0.25) is 5.02 Å². The summed E-state index contributed by atoms with van der Waals surface area (Å²) in [6, 6.07) is 2.61. The second-order valence-corrected chi connectivity index (χ2v) is 5.27. The molecule has 0 amide bonds. The number of hydrogen-bond acceptors (Lipinski definition) is 2. The Morgan fingerprint density at radius 2 is 2.22 bits per heavy atom. The van der Waals surface area contributed by atoms with Crippen molar-refractivity contribution in [1.29, 1.82) is 0 Å². The number of halogens is 3. The Bertz CT molecular complexity index is 547. The normalized spacial score (nSPS) is 12.5. The molecule has 0 bridgehead atoms. The van der Waals surface area contributed by atoms with Gasteiger partial charge in [-0.1, -0.05) is 11.6 Å². The third-order valence-corrected chi connectivity index (χ3v) is 3.54. The molecule has 0 saturated heterocycles. The van der Waals surface area contributed by atoms with Crippen LogP contribution in [0.1, 0.15) is 18.8 Å². The van der Waals surface area contributed by atoms with Crippen molar-refractivity contribution in [2.75, 3.05) is 5.32 Å². The van der Waals surface area contributed by atoms with E-state index in [0.717, 1.165) is 5.82 Å². The molecule has 6 heteroatoms. The van der Waals surface area contributed by atoms with E-state index >= 15 is 0 Å². The van der Waals surface area contributed by atoms with Crippen molar-refractivity contribution in [3.05, 3.63) is 45.7 Å². The summed E-state index contributed by atoms with van der Waals surface area (Å²) < 4.78 is 15.6. The van der Waals surface area contributed by atoms with E-state index in [1.54, 1.807) is 6.20 Å². The number of nitrogens with zero attached hydrogens (tertiary/aromatic N) is 2. The maximum Gasteiger partial charge on any atom is 0.130 e. The Morgan fingerprint density at radius 3 is 2.78 bits per heavy atom. The average Bonchev–Trinajstić information content (AvgIpc) is 2.69. The molecule has 0 fully saturated rings. The first-order valence-electron chi connectivity index (χ1n) is 5.37. The molecule has 1 aromatic carbocycles. The van der Waals surface area contributed by atoms with Crippen LogP contribution >= 0.6 is 27.5 Å². The summed E-state index contributed by atoms with van der Waals surface area (Å²) in [6.45, 7) is 1.97. The van der Waals surface area contributed by atoms with E-state index in [0.29, 0.717) is 15.2 Å². The molecule has 1 aromatic heterocycles. The lowest BCUT2D eigenvalue weighted by atomic mass is 10.2. The Hall–Kier alpha value is -1.07. The Morgan fingerprint density at radius 1 is 1.50 bits per heavy atom. The van der Waals surface area contributed by atoms with Gasteiger partial charge in [-0.2, -0.15) is 0 Å². The van der Waals surface area contributed by atoms with E-state index in [4.69, 9.17) is 11.6 Å². The predicted molar refractivity (Wildman–Crippen MR) is 74.4 cm³/mol. The van der Waals surface area contributed by atoms with E-state index in [2.05, 4.69) is 26.2 Å². The van der Waals surface area contributed by atoms with Gasteiger partial charge in [0.05, 0.1) is 16.8 Å². The lowest BCUT2D eigenvalue weighted by Crippen LogP contribution is -2.12. The van der Waals surface area contributed by atoms with Gasteiger partial charge in [-0.05, 0) is 35.0 Å². The van der Waals surface area contributed by atoms with Crippen LogP contribution in [0.15, 0.2) is 29.0 Å². The molecule has 96 valence electrons. The minimum absolute atomic E-state index is 0.0377. The lowest BCUT2D eigenvalue weighted by Gasteiger charge is -2.17. The second kappa shape index (κ2) is 5.28. The molecule has 0 radical (unpaired) electrons. The number of anilines is 1. The van der Waals surface area contributed by atoms with Gasteiger partial charge in [0.25, 0.3) is 0 Å². The SMILES string of the molecule is CC(Nc1c(Cl)cc(F)cc1Br)c1nccn1C. The van der Waals surface area contributed by atoms with Crippen molar-refractivity contribution in [1.82, 2.24) is 9.55 Å². The summed E-state index contributed by atoms with van der Waals surface area (Å²) in [5.74, 6) is 0.504. The minimum Gasteiger partial charge on any atom is -0.373 e. The van der Waals surface area contributed by atoms with Gasteiger partial charge in [0, 0.05) is 23.9 Å². The summed E-state index contributed by atoms with van der Waals surface area (Å²) in [5.41, 5.74) is 0.661. The van der Waals surface area contributed by atoms with Crippen LogP contribution in [0, 0.1) is 5.82 Å². The third kappa shape index (κ3) is 2.67. The van der Waals surface area contributed by atoms with E-state index in [1.807, 2.05) is 24.7 Å². The van der Waals surface area contributed by atoms with Gasteiger partial charge < -0.3 is 9.88 Å². The number of aromatic nitrogens is 2. The smallest absolute Gasteiger partial charge is 0.130 e. The number of rotatable bonds is 3. The van der Waals surface area contributed by atoms with E-state index < -0.39 is 0 Å². The fraction of sp³-hybridized carbons (Fsp3) is 0.250. The fourth-order valence-electron chi connectivity index (χ4n) is 1.76. The Kier molecular flexibility index (Phi) is 3.92. The standard InChI is InChI=1S/C12H12BrClFN3/c1-7(12-16-3-4-18(12)2)17-11-9(13)5-8(15)6-10(11)14/h3-7,17H,1-2H3. The summed E-state index contributed by atoms with van der Waals surface area (Å²) in [5, 5.41) is 3.56. The van der Waals surface area contributed by atoms with Crippen molar-refractivity contribution in [3.63, 3.8) is 0 Å². The molecule has 1 atom stereocenters. The molecule has 0 spiro atoms. The van der Waals surface area contributed by atoms with Gasteiger partial charge in [-0.15, -0.1) is 0 Å². The Labute approximate surface area is 118 Å². The van der Waals surface area contributed by atoms with Crippen LogP contribution < -0.4 is 5.32 Å². The van der Waals surface area contributed by atoms with Gasteiger partial charge in [-0.3, -0.25) is 0 Å². The first kappa shape index (κ1) is 13.4. The molecule has 2 rings (SSSR count). The van der Waals surface area contributed by atoms with Crippen LogP contribution in [0.5, 0.6) is 0 Å². The number of nitrogens with one attached hydrogen (secondary N) is 1. The maximum atomic E-state index is 13.1. The van der Waals surface area contributed by atoms with E-state index in [9.17, 15) is 4.39 Å². The second-order valence-electron chi connectivity index (χ2n) is 4.01. The average molecular weight is 333 g/mol. The zero-order valence-corrected chi connectivity index (χ0v) is 12.3. The molecular weight excluding hydrogens is 321 g/mol. The van der Waals surface area contributed by atoms with Gasteiger partial charge in [0.1, 0.15) is 11.6 Å². The van der Waals surface area contributed by atoms with Crippen LogP contribution in [-0.4, -0.2) is 9.55 Å². The summed E-state index contributed by atoms with van der Waals surface area (Å²) >= 11 is 9.31. The summed E-state index contributed by atoms with van der Waals surface area (Å²) in [6.07, 6.45) is 3.60. The van der Waals surface area contributed by atoms with Crippen LogP contribution in [0.4, 0.5) is 10.1 Å². The maximum absolute atomic E-state index is 13.1. The molecule has 1 unspecified atom stereocenters. The van der Waals surface area contributed by atoms with Gasteiger partial charge in [0.2, 0.25) is 0 Å². The molecule has 0 saturated carbocycles. The van der Waals surface area contributed by atoms with Crippen molar-refractivity contribution in [2.24, 2.45) is 7.05 Å². The highest BCUT2D eigenvalue weighted by Crippen LogP contribution is 2.33. The van der Waals surface area contributed by atoms with Crippen molar-refractivity contribution in [2.45, 2.75) is 13.0 Å². The summed E-state index contributed by atoms with van der Waals surface area (Å²) in [4.78, 5) is 4.26. The van der Waals surface area contributed by atoms with Crippen LogP contribution in [-0.2, 0) is 7.05 Å². The Balaban J connectivity index is 2.27. The van der Waals surface area contributed by atoms with E-state index in [1.165, 1.54) is 12.1 Å². The molecule has 0 aliphatic heterocycles. The van der Waals surface area contributed by atoms with Gasteiger partial charge in [-0.25, -0.2) is 9.37 Å². The fourth-order valence-corrected chi connectivity index (χ4v) is 2.68. The molecule has 18 heavy (non-hydrogen) atoms. The third-order valence-electron chi connectivity index (χ3n) is 2.61. The predicted octanol–water partition coefficient (Wildman–Crippen LogP) is 4.15. The van der Waals surface area contributed by atoms with Crippen molar-refractivity contribution >= 4 is 33.2 Å². The van der Waals surface area contributed by atoms with Crippen LogP contribution in [0.25, 0.3) is 0 Å². The molecule has 2 aromatic rings. The largest absolute Gasteiger partial charge is 0.373 e. The number of aryl methyl sites for hydroxylation is 1. The first-order chi connectivity index (χ1) is 8.49. The zero-order chi connectivity index (χ0) is 13.3. The molecule has 0 aliphatic rings. The summed E-state index contributed by atoms with van der Waals surface area (Å²) in [7, 11) is 1.92. The number of hydrogen-bond donors (Lipinski definition) is 1. The molecular formula is C12H12BrClFN3. The molecule has 0 aliphatic carbocycles. The molecule has 1 N–H and O–H groups in total. The molecule has 1 heterocycles. The van der Waals surface area contributed by atoms with E-state index in [-0.39, 0.29) is 11.9 Å². The van der Waals surface area contributed by atoms with Gasteiger partial charge >= 0.3 is 0 Å². The minimum atomic E-state index is -0.373.